The van der Waals surface area contributed by atoms with Crippen LogP contribution in [-0.2, 0) is 16.9 Å². The zero-order valence-electron chi connectivity index (χ0n) is 15.7. The van der Waals surface area contributed by atoms with E-state index in [0.29, 0.717) is 17.7 Å². The summed E-state index contributed by atoms with van der Waals surface area (Å²) >= 11 is -0.778. The smallest absolute Gasteiger partial charge is 0.142 e. The molecular formula is C21H26N4OS. The number of anilines is 1. The van der Waals surface area contributed by atoms with Gasteiger partial charge in [0.15, 0.2) is 0 Å². The van der Waals surface area contributed by atoms with E-state index in [0.717, 1.165) is 48.3 Å². The summed E-state index contributed by atoms with van der Waals surface area (Å²) in [6, 6.07) is 12.7. The lowest BCUT2D eigenvalue weighted by Crippen LogP contribution is -2.37. The van der Waals surface area contributed by atoms with E-state index in [1.54, 1.807) is 6.33 Å². The Bertz CT molecular complexity index is 861. The Morgan fingerprint density at radius 3 is 2.67 bits per heavy atom. The Morgan fingerprint density at radius 1 is 1.11 bits per heavy atom. The molecule has 0 radical (unpaired) electrons. The molecule has 1 saturated carbocycles. The molecule has 0 bridgehead atoms. The summed E-state index contributed by atoms with van der Waals surface area (Å²) in [4.78, 5) is 14.3. The van der Waals surface area contributed by atoms with Gasteiger partial charge >= 0.3 is 0 Å². The van der Waals surface area contributed by atoms with E-state index in [-0.39, 0.29) is 0 Å². The zero-order chi connectivity index (χ0) is 18.6. The predicted molar refractivity (Wildman–Crippen MR) is 111 cm³/mol. The summed E-state index contributed by atoms with van der Waals surface area (Å²) in [7, 11) is 2.13. The van der Waals surface area contributed by atoms with Crippen molar-refractivity contribution in [3.8, 4) is 0 Å². The van der Waals surface area contributed by atoms with E-state index in [1.807, 2.05) is 30.5 Å². The second-order valence-electron chi connectivity index (χ2n) is 7.46. The van der Waals surface area contributed by atoms with Crippen LogP contribution in [0.3, 0.4) is 0 Å². The molecule has 1 aromatic carbocycles. The minimum atomic E-state index is -0.778. The minimum absolute atomic E-state index is 0.483. The first-order chi connectivity index (χ1) is 13.2. The van der Waals surface area contributed by atoms with Gasteiger partial charge in [-0.1, -0.05) is 30.3 Å². The van der Waals surface area contributed by atoms with E-state index in [2.05, 4.69) is 39.0 Å². The molecule has 142 valence electrons. The predicted octanol–water partition coefficient (Wildman–Crippen LogP) is 3.90. The molecule has 2 heterocycles. The number of hydrogen-bond acceptors (Lipinski definition) is 4. The monoisotopic (exact) mass is 382 g/mol. The van der Waals surface area contributed by atoms with Crippen LogP contribution < -0.4 is 4.90 Å². The lowest BCUT2D eigenvalue weighted by atomic mass is 9.86. The van der Waals surface area contributed by atoms with Crippen molar-refractivity contribution in [2.45, 2.75) is 37.5 Å². The van der Waals surface area contributed by atoms with Crippen LogP contribution in [0.4, 0.5) is 5.82 Å². The van der Waals surface area contributed by atoms with Crippen molar-refractivity contribution >= 4 is 28.0 Å². The average Bonchev–Trinajstić information content (AvgIpc) is 3.17. The molecule has 4 rings (SSSR count). The number of fused-ring (bicyclic) bond motifs is 1. The second-order valence-corrected chi connectivity index (χ2v) is 8.96. The SMILES string of the molecule is CN(c1ncnc2[nH]ccc12)C1CCC(C[S+]([O-])Cc2ccccc2)CC1. The van der Waals surface area contributed by atoms with Gasteiger partial charge in [0.05, 0.1) is 5.39 Å². The van der Waals surface area contributed by atoms with Gasteiger partial charge in [0, 0.05) is 30.8 Å². The molecule has 0 saturated heterocycles. The third kappa shape index (κ3) is 4.28. The van der Waals surface area contributed by atoms with Crippen LogP contribution in [0.25, 0.3) is 11.0 Å². The van der Waals surface area contributed by atoms with Crippen LogP contribution >= 0.6 is 0 Å². The molecule has 1 fully saturated rings. The molecule has 1 aliphatic rings. The Morgan fingerprint density at radius 2 is 1.89 bits per heavy atom. The van der Waals surface area contributed by atoms with Gasteiger partial charge in [-0.2, -0.15) is 0 Å². The number of aromatic amines is 1. The summed E-state index contributed by atoms with van der Waals surface area (Å²) in [5, 5.41) is 1.08. The number of aromatic nitrogens is 3. The quantitative estimate of drug-likeness (QED) is 0.657. The van der Waals surface area contributed by atoms with Crippen molar-refractivity contribution in [3.63, 3.8) is 0 Å². The normalized spacial score (nSPS) is 21.3. The maximum absolute atomic E-state index is 12.5. The summed E-state index contributed by atoms with van der Waals surface area (Å²) < 4.78 is 12.5. The number of H-pyrrole nitrogens is 1. The molecule has 0 amide bonds. The fourth-order valence-corrected chi connectivity index (χ4v) is 5.63. The molecule has 1 aliphatic carbocycles. The number of nitrogens with one attached hydrogen (secondary N) is 1. The van der Waals surface area contributed by atoms with Crippen LogP contribution in [0.1, 0.15) is 31.2 Å². The van der Waals surface area contributed by atoms with Crippen LogP contribution in [0.2, 0.25) is 0 Å². The molecule has 5 nitrogen and oxygen atoms in total. The average molecular weight is 383 g/mol. The van der Waals surface area contributed by atoms with Gasteiger partial charge in [-0.15, -0.1) is 0 Å². The first-order valence-corrected chi connectivity index (χ1v) is 11.1. The molecule has 0 aliphatic heterocycles. The van der Waals surface area contributed by atoms with Gasteiger partial charge in [0.1, 0.15) is 29.3 Å². The van der Waals surface area contributed by atoms with E-state index < -0.39 is 11.2 Å². The van der Waals surface area contributed by atoms with E-state index >= 15 is 0 Å². The number of rotatable bonds is 6. The molecule has 27 heavy (non-hydrogen) atoms. The summed E-state index contributed by atoms with van der Waals surface area (Å²) in [6.07, 6.45) is 8.06. The highest BCUT2D eigenvalue weighted by Crippen LogP contribution is 2.32. The van der Waals surface area contributed by atoms with Gasteiger partial charge < -0.3 is 14.4 Å². The van der Waals surface area contributed by atoms with Crippen molar-refractivity contribution < 1.29 is 4.55 Å². The number of nitrogens with zero attached hydrogens (tertiary/aromatic N) is 3. The number of hydrogen-bond donors (Lipinski definition) is 1. The van der Waals surface area contributed by atoms with Crippen LogP contribution in [0.15, 0.2) is 48.9 Å². The third-order valence-electron chi connectivity index (χ3n) is 5.62. The topological polar surface area (TPSA) is 67.9 Å². The fourth-order valence-electron chi connectivity index (χ4n) is 4.09. The molecule has 6 heteroatoms. The van der Waals surface area contributed by atoms with Crippen LogP contribution in [0.5, 0.6) is 0 Å². The van der Waals surface area contributed by atoms with Gasteiger partial charge in [-0.05, 0) is 42.9 Å². The highest BCUT2D eigenvalue weighted by atomic mass is 32.2. The van der Waals surface area contributed by atoms with E-state index in [4.69, 9.17) is 0 Å². The summed E-state index contributed by atoms with van der Waals surface area (Å²) in [5.41, 5.74) is 2.06. The summed E-state index contributed by atoms with van der Waals surface area (Å²) in [6.45, 7) is 0. The molecule has 0 spiro atoms. The standard InChI is InChI=1S/C21H26N4OS/c1-25(21-19-11-12-22-20(19)23-15-24-21)18-9-7-17(8-10-18)14-27(26)13-16-5-3-2-4-6-16/h2-6,11-12,15,17-18H,7-10,13-14H2,1H3,(H,22,23,24). The lowest BCUT2D eigenvalue weighted by Gasteiger charge is -2.35. The van der Waals surface area contributed by atoms with Crippen molar-refractivity contribution in [2.75, 3.05) is 17.7 Å². The Kier molecular flexibility index (Phi) is 5.64. The van der Waals surface area contributed by atoms with Gasteiger partial charge in [-0.3, -0.25) is 0 Å². The van der Waals surface area contributed by atoms with Crippen molar-refractivity contribution in [1.82, 2.24) is 15.0 Å². The van der Waals surface area contributed by atoms with Crippen molar-refractivity contribution in [2.24, 2.45) is 5.92 Å². The van der Waals surface area contributed by atoms with Crippen LogP contribution in [0, 0.1) is 5.92 Å². The molecule has 2 aromatic heterocycles. The molecule has 3 aromatic rings. The van der Waals surface area contributed by atoms with Crippen molar-refractivity contribution in [1.29, 1.82) is 0 Å². The maximum atomic E-state index is 12.5. The second kappa shape index (κ2) is 8.31. The molecule has 1 unspecified atom stereocenters. The Hall–Kier alpha value is -2.05. The Balaban J connectivity index is 1.31. The maximum Gasteiger partial charge on any atom is 0.142 e. The van der Waals surface area contributed by atoms with Gasteiger partial charge in [-0.25, -0.2) is 9.97 Å². The number of benzene rings is 1. The highest BCUT2D eigenvalue weighted by molar-refractivity contribution is 7.90. The van der Waals surface area contributed by atoms with E-state index in [9.17, 15) is 4.55 Å². The van der Waals surface area contributed by atoms with Gasteiger partial charge in [0.2, 0.25) is 0 Å². The fraction of sp³-hybridized carbons (Fsp3) is 0.429. The molecule has 1 N–H and O–H groups in total. The largest absolute Gasteiger partial charge is 0.616 e. The van der Waals surface area contributed by atoms with Gasteiger partial charge in [0.25, 0.3) is 0 Å². The molecular weight excluding hydrogens is 356 g/mol. The van der Waals surface area contributed by atoms with Crippen molar-refractivity contribution in [3.05, 3.63) is 54.5 Å². The highest BCUT2D eigenvalue weighted by Gasteiger charge is 2.28. The first kappa shape index (κ1) is 18.3. The molecule has 1 atom stereocenters. The first-order valence-electron chi connectivity index (χ1n) is 9.60. The Labute approximate surface area is 163 Å². The third-order valence-corrected chi connectivity index (χ3v) is 7.12. The zero-order valence-corrected chi connectivity index (χ0v) is 16.5. The van der Waals surface area contributed by atoms with E-state index in [1.165, 1.54) is 5.56 Å². The minimum Gasteiger partial charge on any atom is -0.616 e. The van der Waals surface area contributed by atoms with Crippen LogP contribution in [-0.4, -0.2) is 38.3 Å². The lowest BCUT2D eigenvalue weighted by molar-refractivity contribution is 0.340. The summed E-state index contributed by atoms with van der Waals surface area (Å²) in [5.74, 6) is 3.06.